The minimum atomic E-state index is -4.04. The molecule has 2 heterocycles. The number of aromatic carboxylic acids is 1. The van der Waals surface area contributed by atoms with Crippen molar-refractivity contribution in [2.24, 2.45) is 4.40 Å². The van der Waals surface area contributed by atoms with E-state index in [-0.39, 0.29) is 20.3 Å². The van der Waals surface area contributed by atoms with Gasteiger partial charge in [-0.3, -0.25) is 0 Å². The van der Waals surface area contributed by atoms with Crippen molar-refractivity contribution in [3.05, 3.63) is 16.3 Å². The van der Waals surface area contributed by atoms with E-state index in [0.717, 1.165) is 17.8 Å². The molecular weight excluding hydrogens is 310 g/mol. The van der Waals surface area contributed by atoms with E-state index in [0.29, 0.717) is 0 Å². The molecule has 1 atom stereocenters. The molecule has 0 spiro atoms. The Labute approximate surface area is 118 Å². The van der Waals surface area contributed by atoms with Gasteiger partial charge in [-0.25, -0.2) is 4.79 Å². The highest BCUT2D eigenvalue weighted by Crippen LogP contribution is 2.26. The van der Waals surface area contributed by atoms with Gasteiger partial charge in [0.25, 0.3) is 10.0 Å². The lowest BCUT2D eigenvalue weighted by molar-refractivity contribution is 0.0698. The van der Waals surface area contributed by atoms with Gasteiger partial charge in [0, 0.05) is 0 Å². The summed E-state index contributed by atoms with van der Waals surface area (Å²) in [7, 11) is -4.04. The first-order valence-electron chi connectivity index (χ1n) is 5.22. The predicted molar refractivity (Wildman–Crippen MR) is 72.8 cm³/mol. The Bertz CT molecular complexity index is 622. The van der Waals surface area contributed by atoms with Crippen molar-refractivity contribution in [3.8, 4) is 0 Å². The molecule has 2 N–H and O–H groups in total. The summed E-state index contributed by atoms with van der Waals surface area (Å²) in [6.07, 6.45) is 0.770. The first-order valence-corrected chi connectivity index (χ1v) is 8.42. The van der Waals surface area contributed by atoms with Crippen LogP contribution in [0.5, 0.6) is 0 Å². The standard InChI is InChI=1S/C9H10N3O4S3/c1-2-6-10-11-9(18-6)12-19(15,16)5-3-4-17-7(5)8(13)14/h3-4,6,10H,2H2,1H3,(H,13,14). The second-order valence-electron chi connectivity index (χ2n) is 3.52. The number of sulfonamides is 1. The topological polar surface area (TPSA) is 110 Å². The molecule has 1 radical (unpaired) electrons. The molecule has 0 aliphatic carbocycles. The quantitative estimate of drug-likeness (QED) is 0.859. The Hall–Kier alpha value is -1.10. The zero-order valence-corrected chi connectivity index (χ0v) is 12.2. The average molecular weight is 320 g/mol. The highest BCUT2D eigenvalue weighted by atomic mass is 32.2. The number of amidine groups is 1. The summed E-state index contributed by atoms with van der Waals surface area (Å²) < 4.78 is 27.6. The van der Waals surface area contributed by atoms with Gasteiger partial charge >= 0.3 is 5.97 Å². The van der Waals surface area contributed by atoms with Crippen LogP contribution in [0.2, 0.25) is 0 Å². The zero-order valence-electron chi connectivity index (χ0n) is 9.73. The summed E-state index contributed by atoms with van der Waals surface area (Å²) in [5.74, 6) is -1.28. The summed E-state index contributed by atoms with van der Waals surface area (Å²) in [5, 5.41) is 10.4. The number of hydrogen-bond acceptors (Lipinski definition) is 6. The monoisotopic (exact) mass is 320 g/mol. The van der Waals surface area contributed by atoms with Gasteiger partial charge in [-0.05, 0) is 17.9 Å². The summed E-state index contributed by atoms with van der Waals surface area (Å²) in [5.41, 5.74) is 6.54. The molecule has 1 aromatic heterocycles. The third kappa shape index (κ3) is 3.08. The van der Waals surface area contributed by atoms with E-state index in [1.54, 1.807) is 0 Å². The number of nitrogens with one attached hydrogen (secondary N) is 1. The molecule has 10 heteroatoms. The molecule has 0 saturated carbocycles. The van der Waals surface area contributed by atoms with Crippen LogP contribution in [-0.2, 0) is 10.0 Å². The first-order chi connectivity index (χ1) is 8.94. The molecule has 1 saturated heterocycles. The molecule has 1 fully saturated rings. The first kappa shape index (κ1) is 14.3. The molecule has 0 bridgehead atoms. The van der Waals surface area contributed by atoms with Crippen LogP contribution in [0.25, 0.3) is 0 Å². The number of nitrogens with zero attached hydrogens (tertiary/aromatic N) is 2. The van der Waals surface area contributed by atoms with E-state index < -0.39 is 16.0 Å². The Morgan fingerprint density at radius 2 is 2.37 bits per heavy atom. The summed E-state index contributed by atoms with van der Waals surface area (Å²) in [4.78, 5) is 10.4. The molecule has 0 aromatic carbocycles. The maximum Gasteiger partial charge on any atom is 0.347 e. The van der Waals surface area contributed by atoms with Gasteiger partial charge < -0.3 is 5.11 Å². The van der Waals surface area contributed by atoms with E-state index >= 15 is 0 Å². The molecule has 1 aromatic rings. The van der Waals surface area contributed by atoms with E-state index in [4.69, 9.17) is 5.11 Å². The van der Waals surface area contributed by atoms with Crippen molar-refractivity contribution in [1.82, 2.24) is 10.9 Å². The molecule has 7 nitrogen and oxygen atoms in total. The molecule has 19 heavy (non-hydrogen) atoms. The third-order valence-corrected chi connectivity index (χ3v) is 5.80. The normalized spacial score (nSPS) is 21.5. The average Bonchev–Trinajstić information content (AvgIpc) is 2.95. The van der Waals surface area contributed by atoms with E-state index in [2.05, 4.69) is 15.2 Å². The van der Waals surface area contributed by atoms with Gasteiger partial charge in [-0.2, -0.15) is 19.3 Å². The van der Waals surface area contributed by atoms with Gasteiger partial charge in [0.2, 0.25) is 5.17 Å². The minimum absolute atomic E-state index is 0.00429. The smallest absolute Gasteiger partial charge is 0.347 e. The third-order valence-electron chi connectivity index (χ3n) is 2.22. The fourth-order valence-electron chi connectivity index (χ4n) is 1.33. The maximum absolute atomic E-state index is 12.0. The lowest BCUT2D eigenvalue weighted by Gasteiger charge is -1.99. The number of carboxylic acids is 1. The second kappa shape index (κ2) is 5.49. The second-order valence-corrected chi connectivity index (χ2v) is 7.18. The van der Waals surface area contributed by atoms with Crippen molar-refractivity contribution in [1.29, 1.82) is 0 Å². The predicted octanol–water partition coefficient (Wildman–Crippen LogP) is 1.08. The number of thiophene rings is 1. The van der Waals surface area contributed by atoms with Gasteiger partial charge in [-0.1, -0.05) is 18.7 Å². The molecule has 2 rings (SSSR count). The molecule has 103 valence electrons. The highest BCUT2D eigenvalue weighted by molar-refractivity contribution is 8.15. The largest absolute Gasteiger partial charge is 0.477 e. The molecule has 1 aliphatic rings. The van der Waals surface area contributed by atoms with E-state index in [1.807, 2.05) is 6.92 Å². The number of rotatable bonds is 4. The maximum atomic E-state index is 12.0. The van der Waals surface area contributed by atoms with Crippen molar-refractivity contribution >= 4 is 44.3 Å². The highest BCUT2D eigenvalue weighted by Gasteiger charge is 2.27. The number of carbonyl (C=O) groups is 1. The van der Waals surface area contributed by atoms with Crippen LogP contribution in [-0.4, -0.2) is 30.0 Å². The van der Waals surface area contributed by atoms with Crippen LogP contribution in [0, 0.1) is 0 Å². The van der Waals surface area contributed by atoms with Gasteiger partial charge in [0.1, 0.15) is 9.77 Å². The van der Waals surface area contributed by atoms with Crippen LogP contribution in [0.3, 0.4) is 0 Å². The molecule has 0 amide bonds. The fourth-order valence-corrected chi connectivity index (χ4v) is 4.51. The van der Waals surface area contributed by atoms with Crippen LogP contribution < -0.4 is 10.9 Å². The van der Waals surface area contributed by atoms with Gasteiger partial charge in [-0.15, -0.1) is 15.7 Å². The van der Waals surface area contributed by atoms with Crippen molar-refractivity contribution in [3.63, 3.8) is 0 Å². The van der Waals surface area contributed by atoms with Crippen molar-refractivity contribution < 1.29 is 18.3 Å². The van der Waals surface area contributed by atoms with Crippen LogP contribution >= 0.6 is 23.1 Å². The Kier molecular flexibility index (Phi) is 4.13. The summed E-state index contributed by atoms with van der Waals surface area (Å²) in [6.45, 7) is 1.93. The SMILES string of the molecule is CCC1N[N]C(=NS(=O)(=O)c2ccsc2C(=O)O)S1. The van der Waals surface area contributed by atoms with Gasteiger partial charge in [0.05, 0.1) is 5.37 Å². The lowest BCUT2D eigenvalue weighted by atomic mass is 10.5. The van der Waals surface area contributed by atoms with E-state index in [1.165, 1.54) is 23.2 Å². The molecule has 1 unspecified atom stereocenters. The minimum Gasteiger partial charge on any atom is -0.477 e. The molecule has 1 aliphatic heterocycles. The van der Waals surface area contributed by atoms with Crippen LogP contribution in [0.15, 0.2) is 20.7 Å². The van der Waals surface area contributed by atoms with Crippen LogP contribution in [0.4, 0.5) is 0 Å². The lowest BCUT2D eigenvalue weighted by Crippen LogP contribution is -2.24. The molecular formula is C9H10N3O4S3. The Morgan fingerprint density at radius 1 is 1.63 bits per heavy atom. The Balaban J connectivity index is 2.31. The summed E-state index contributed by atoms with van der Waals surface area (Å²) in [6, 6.07) is 1.23. The van der Waals surface area contributed by atoms with Gasteiger partial charge in [0.15, 0.2) is 0 Å². The van der Waals surface area contributed by atoms with Crippen molar-refractivity contribution in [2.45, 2.75) is 23.6 Å². The zero-order chi connectivity index (χ0) is 14.0. The number of hydrogen-bond donors (Lipinski definition) is 2. The number of carboxylic acid groups (broad SMARTS) is 1. The Morgan fingerprint density at radius 3 is 2.95 bits per heavy atom. The summed E-state index contributed by atoms with van der Waals surface area (Å²) >= 11 is 2.04. The van der Waals surface area contributed by atoms with Crippen LogP contribution in [0.1, 0.15) is 23.0 Å². The fraction of sp³-hybridized carbons (Fsp3) is 0.333. The van der Waals surface area contributed by atoms with Crippen molar-refractivity contribution in [2.75, 3.05) is 0 Å². The number of thioether (sulfide) groups is 1. The van der Waals surface area contributed by atoms with E-state index in [9.17, 15) is 13.2 Å².